The number of halogens is 2. The van der Waals surface area contributed by atoms with E-state index < -0.39 is 8.07 Å². The van der Waals surface area contributed by atoms with Crippen LogP contribution in [0, 0.1) is 0 Å². The lowest BCUT2D eigenvalue weighted by Gasteiger charge is -2.15. The minimum Gasteiger partial charge on any atom is -0.0713 e. The Labute approximate surface area is 80.1 Å². The Morgan fingerprint density at radius 1 is 1.25 bits per heavy atom. The van der Waals surface area contributed by atoms with Gasteiger partial charge in [0.15, 0.2) is 0 Å². The van der Waals surface area contributed by atoms with Gasteiger partial charge in [-0.1, -0.05) is 64.8 Å². The Bertz CT molecular complexity index is 65.3. The number of alkyl halides is 2. The third-order valence-electron chi connectivity index (χ3n) is 0.767. The van der Waals surface area contributed by atoms with Crippen molar-refractivity contribution in [1.82, 2.24) is 0 Å². The van der Waals surface area contributed by atoms with E-state index in [1.54, 1.807) is 0 Å². The summed E-state index contributed by atoms with van der Waals surface area (Å²) in [4.78, 5) is 0. The van der Waals surface area contributed by atoms with Gasteiger partial charge in [-0.15, -0.1) is 0 Å². The van der Waals surface area contributed by atoms with Crippen molar-refractivity contribution in [2.75, 3.05) is 0 Å². The Morgan fingerprint density at radius 3 is 1.62 bits per heavy atom. The highest BCUT2D eigenvalue weighted by Gasteiger charge is 2.15. The van der Waals surface area contributed by atoms with Crippen molar-refractivity contribution >= 4 is 53.3 Å². The maximum absolute atomic E-state index is 2.49. The van der Waals surface area contributed by atoms with Gasteiger partial charge in [0.1, 0.15) is 0 Å². The summed E-state index contributed by atoms with van der Waals surface area (Å²) in [5.74, 6) is 0. The van der Waals surface area contributed by atoms with Crippen LogP contribution in [0.1, 0.15) is 0 Å². The van der Waals surface area contributed by atoms with Gasteiger partial charge in [-0.2, -0.15) is 0 Å². The van der Waals surface area contributed by atoms with Gasteiger partial charge in [0.05, 0.1) is 1.93 Å². The van der Waals surface area contributed by atoms with E-state index in [9.17, 15) is 0 Å². The lowest BCUT2D eigenvalue weighted by Crippen LogP contribution is -2.21. The average Bonchev–Trinajstić information content (AvgIpc) is 1.21. The van der Waals surface area contributed by atoms with Gasteiger partial charge < -0.3 is 0 Å². The molecule has 0 aromatic heterocycles. The van der Waals surface area contributed by atoms with E-state index in [0.717, 1.165) is 1.93 Å². The predicted octanol–water partition coefficient (Wildman–Crippen LogP) is 3.52. The summed E-state index contributed by atoms with van der Waals surface area (Å²) in [5, 5.41) is 0. The van der Waals surface area contributed by atoms with Gasteiger partial charge in [0.2, 0.25) is 0 Å². The summed E-state index contributed by atoms with van der Waals surface area (Å²) in [6.45, 7) is 7.24. The van der Waals surface area contributed by atoms with Gasteiger partial charge in [0, 0.05) is 8.07 Å². The van der Waals surface area contributed by atoms with Gasteiger partial charge in [-0.25, -0.2) is 0 Å². The van der Waals surface area contributed by atoms with Gasteiger partial charge >= 0.3 is 0 Å². The first-order valence-corrected chi connectivity index (χ1v) is 8.90. The topological polar surface area (TPSA) is 0 Å². The van der Waals surface area contributed by atoms with E-state index in [2.05, 4.69) is 64.8 Å². The molecule has 0 aliphatic carbocycles. The normalized spacial score (nSPS) is 12.8. The van der Waals surface area contributed by atoms with Crippen molar-refractivity contribution in [2.45, 2.75) is 27.6 Å². The molecule has 0 unspecified atom stereocenters. The van der Waals surface area contributed by atoms with Crippen LogP contribution in [0.15, 0.2) is 0 Å². The summed E-state index contributed by atoms with van der Waals surface area (Å²) < 4.78 is 0.844. The molecule has 0 saturated heterocycles. The van der Waals surface area contributed by atoms with Crippen molar-refractivity contribution < 1.29 is 0 Å². The van der Waals surface area contributed by atoms with Crippen molar-refractivity contribution in [3.05, 3.63) is 0 Å². The molecule has 0 atom stereocenters. The van der Waals surface area contributed by atoms with Crippen molar-refractivity contribution in [1.29, 1.82) is 0 Å². The maximum atomic E-state index is 2.49. The second-order valence-corrected chi connectivity index (χ2v) is 14.1. The van der Waals surface area contributed by atoms with Gasteiger partial charge in [-0.3, -0.25) is 0 Å². The molecule has 0 aromatic carbocycles. The smallest absolute Gasteiger partial charge is 0.0603 e. The highest BCUT2D eigenvalue weighted by molar-refractivity contribution is 14.2. The van der Waals surface area contributed by atoms with Crippen molar-refractivity contribution in [3.8, 4) is 0 Å². The molecule has 8 heavy (non-hydrogen) atoms. The summed E-state index contributed by atoms with van der Waals surface area (Å²) in [5.41, 5.74) is 0. The van der Waals surface area contributed by atoms with Gasteiger partial charge in [0.25, 0.3) is 0 Å². The van der Waals surface area contributed by atoms with E-state index in [1.807, 2.05) is 0 Å². The van der Waals surface area contributed by atoms with E-state index in [4.69, 9.17) is 0 Å². The van der Waals surface area contributed by atoms with Crippen LogP contribution in [0.25, 0.3) is 0 Å². The molecule has 0 saturated carbocycles. The largest absolute Gasteiger partial charge is 0.0713 e. The third-order valence-corrected chi connectivity index (χ3v) is 4.94. The van der Waals surface area contributed by atoms with Gasteiger partial charge in [-0.05, 0) is 6.04 Å². The highest BCUT2D eigenvalue weighted by atomic mass is 127. The molecule has 0 bridgehead atoms. The van der Waals surface area contributed by atoms with Crippen LogP contribution in [0.2, 0.25) is 25.7 Å². The first-order chi connectivity index (χ1) is 3.42. The average molecular weight is 354 g/mol. The summed E-state index contributed by atoms with van der Waals surface area (Å²) in [7, 11) is -0.735. The van der Waals surface area contributed by atoms with Crippen LogP contribution >= 0.6 is 45.2 Å². The fourth-order valence-electron chi connectivity index (χ4n) is 0.463. The molecule has 0 fully saturated rings. The molecule has 0 heterocycles. The monoisotopic (exact) mass is 354 g/mol. The maximum Gasteiger partial charge on any atom is 0.0603 e. The Kier molecular flexibility index (Phi) is 4.54. The Balaban J connectivity index is 3.39. The standard InChI is InChI=1S/C5H12I2Si/c1-8(2,3)4-5(6)7/h5H,4H2,1-3H3. The minimum absolute atomic E-state index is 0.735. The van der Waals surface area contributed by atoms with Crippen LogP contribution < -0.4 is 0 Å². The second-order valence-electron chi connectivity index (χ2n) is 3.16. The predicted molar refractivity (Wildman–Crippen MR) is 60.0 cm³/mol. The highest BCUT2D eigenvalue weighted by Crippen LogP contribution is 2.22. The molecule has 0 amide bonds. The molecule has 0 aliphatic heterocycles. The molecule has 0 radical (unpaired) electrons. The lowest BCUT2D eigenvalue weighted by atomic mass is 11.0. The summed E-state index contributed by atoms with van der Waals surface area (Å²) >= 11 is 4.98. The molecule has 0 nitrogen and oxygen atoms in total. The molecule has 0 rings (SSSR count). The molecule has 0 aromatic rings. The molecular formula is C5H12I2Si. The third kappa shape index (κ3) is 7.68. The van der Waals surface area contributed by atoms with Crippen molar-refractivity contribution in [3.63, 3.8) is 0 Å². The zero-order valence-electron chi connectivity index (χ0n) is 5.54. The fourth-order valence-corrected chi connectivity index (χ4v) is 9.32. The fraction of sp³-hybridized carbons (Fsp3) is 1.00. The zero-order chi connectivity index (χ0) is 6.78. The summed E-state index contributed by atoms with van der Waals surface area (Å²) in [6.07, 6.45) is 0. The first kappa shape index (κ1) is 9.68. The molecule has 0 spiro atoms. The van der Waals surface area contributed by atoms with Crippen LogP contribution in [-0.4, -0.2) is 10.0 Å². The molecule has 0 N–H and O–H groups in total. The zero-order valence-corrected chi connectivity index (χ0v) is 10.9. The van der Waals surface area contributed by atoms with Crippen LogP contribution in [0.3, 0.4) is 0 Å². The number of hydrogen-bond acceptors (Lipinski definition) is 0. The Hall–Kier alpha value is 1.68. The molecule has 3 heteroatoms. The van der Waals surface area contributed by atoms with Crippen LogP contribution in [0.4, 0.5) is 0 Å². The Morgan fingerprint density at radius 2 is 1.62 bits per heavy atom. The van der Waals surface area contributed by atoms with E-state index in [1.165, 1.54) is 6.04 Å². The quantitative estimate of drug-likeness (QED) is 0.405. The number of hydrogen-bond donors (Lipinski definition) is 0. The SMILES string of the molecule is C[Si](C)(C)CC(I)I. The molecular weight excluding hydrogens is 342 g/mol. The lowest BCUT2D eigenvalue weighted by molar-refractivity contribution is 1.38. The van der Waals surface area contributed by atoms with E-state index in [-0.39, 0.29) is 0 Å². The van der Waals surface area contributed by atoms with Crippen molar-refractivity contribution in [2.24, 2.45) is 0 Å². The summed E-state index contributed by atoms with van der Waals surface area (Å²) in [6, 6.07) is 1.44. The van der Waals surface area contributed by atoms with E-state index in [0.29, 0.717) is 0 Å². The first-order valence-electron chi connectivity index (χ1n) is 2.70. The molecule has 0 aliphatic rings. The second kappa shape index (κ2) is 3.75. The van der Waals surface area contributed by atoms with Crippen LogP contribution in [-0.2, 0) is 0 Å². The number of rotatable bonds is 2. The minimum atomic E-state index is -0.735. The van der Waals surface area contributed by atoms with Crippen LogP contribution in [0.5, 0.6) is 0 Å². The van der Waals surface area contributed by atoms with E-state index >= 15 is 0 Å². The molecule has 50 valence electrons.